The van der Waals surface area contributed by atoms with Crippen LogP contribution < -0.4 is 0 Å². The zero-order valence-corrected chi connectivity index (χ0v) is 14.7. The minimum atomic E-state index is -3.33. The summed E-state index contributed by atoms with van der Waals surface area (Å²) in [6, 6.07) is 0. The van der Waals surface area contributed by atoms with Crippen LogP contribution in [-0.4, -0.2) is 55.7 Å². The van der Waals surface area contributed by atoms with Crippen LogP contribution >= 0.6 is 13.9 Å². The van der Waals surface area contributed by atoms with Crippen LogP contribution in [0.3, 0.4) is 0 Å². The lowest BCUT2D eigenvalue weighted by Gasteiger charge is -2.27. The van der Waals surface area contributed by atoms with Crippen molar-refractivity contribution in [3.63, 3.8) is 0 Å². The fraction of sp³-hybridized carbons (Fsp3) is 1.00. The first-order chi connectivity index (χ1) is 10.0. The van der Waals surface area contributed by atoms with E-state index in [0.29, 0.717) is 19.6 Å². The molecule has 21 heavy (non-hydrogen) atoms. The Morgan fingerprint density at radius 1 is 1.00 bits per heavy atom. The lowest BCUT2D eigenvalue weighted by Crippen LogP contribution is -2.31. The molecule has 3 rings (SSSR count). The highest BCUT2D eigenvalue weighted by Crippen LogP contribution is 2.48. The Labute approximate surface area is 134 Å². The topological polar surface area (TPSA) is 75.6 Å². The molecule has 0 aliphatic carbocycles. The molecule has 0 bridgehead atoms. The molecular formula is C10H18O7P2S2. The zero-order chi connectivity index (χ0) is 14.9. The van der Waals surface area contributed by atoms with Gasteiger partial charge in [-0.2, -0.15) is 0 Å². The zero-order valence-electron chi connectivity index (χ0n) is 11.2. The van der Waals surface area contributed by atoms with E-state index in [2.05, 4.69) is 0 Å². The Balaban J connectivity index is 1.72. The molecule has 3 aliphatic rings. The molecule has 7 nitrogen and oxygen atoms in total. The van der Waals surface area contributed by atoms with E-state index >= 15 is 0 Å². The Morgan fingerprint density at radius 2 is 1.67 bits per heavy atom. The average Bonchev–Trinajstić information content (AvgIpc) is 3.02. The van der Waals surface area contributed by atoms with Gasteiger partial charge in [0.05, 0.1) is 25.4 Å². The van der Waals surface area contributed by atoms with E-state index in [-0.39, 0.29) is 37.6 Å². The van der Waals surface area contributed by atoms with Gasteiger partial charge in [0.2, 0.25) is 0 Å². The summed E-state index contributed by atoms with van der Waals surface area (Å²) in [6.07, 6.45) is 0.227. The summed E-state index contributed by atoms with van der Waals surface area (Å²) >= 11 is 10.3. The van der Waals surface area contributed by atoms with Crippen molar-refractivity contribution >= 4 is 37.5 Å². The second-order valence-corrected chi connectivity index (χ2v) is 9.84. The third kappa shape index (κ3) is 4.52. The first-order valence-electron chi connectivity index (χ1n) is 6.76. The molecule has 0 saturated carbocycles. The summed E-state index contributed by atoms with van der Waals surface area (Å²) in [5, 5.41) is 0. The van der Waals surface area contributed by atoms with Crippen LogP contribution in [0.4, 0.5) is 0 Å². The molecule has 122 valence electrons. The van der Waals surface area contributed by atoms with Crippen molar-refractivity contribution in [1.29, 1.82) is 0 Å². The molecule has 6 atom stereocenters. The van der Waals surface area contributed by atoms with Crippen LogP contribution in [0.15, 0.2) is 0 Å². The number of ether oxygens (including phenoxy) is 2. The maximum absolute atomic E-state index is 10.2. The van der Waals surface area contributed by atoms with Crippen LogP contribution in [0.25, 0.3) is 0 Å². The van der Waals surface area contributed by atoms with Gasteiger partial charge in [0.15, 0.2) is 7.15 Å². The van der Waals surface area contributed by atoms with Crippen molar-refractivity contribution in [2.24, 2.45) is 0 Å². The first-order valence-corrected chi connectivity index (χ1v) is 11.8. The van der Waals surface area contributed by atoms with Gasteiger partial charge in [0, 0.05) is 26.1 Å². The van der Waals surface area contributed by atoms with Crippen molar-refractivity contribution in [3.8, 4) is 0 Å². The molecule has 0 aromatic heterocycles. The van der Waals surface area contributed by atoms with Gasteiger partial charge >= 0.3 is 6.72 Å². The molecule has 0 spiro atoms. The van der Waals surface area contributed by atoms with Crippen molar-refractivity contribution in [2.75, 3.05) is 26.4 Å². The summed E-state index contributed by atoms with van der Waals surface area (Å²) in [6.45, 7) is -1.84. The molecule has 0 amide bonds. The minimum absolute atomic E-state index is 0.126. The molecule has 3 heterocycles. The van der Waals surface area contributed by atoms with Crippen molar-refractivity contribution in [2.45, 2.75) is 37.3 Å². The summed E-state index contributed by atoms with van der Waals surface area (Å²) in [7, 11) is -1.80. The Hall–Kier alpha value is 1.02. The highest BCUT2D eigenvalue weighted by Gasteiger charge is 2.37. The Kier molecular flexibility index (Phi) is 5.85. The Bertz CT molecular complexity index is 451. The van der Waals surface area contributed by atoms with Crippen molar-refractivity contribution in [3.05, 3.63) is 0 Å². The van der Waals surface area contributed by atoms with E-state index in [1.165, 1.54) is 0 Å². The van der Waals surface area contributed by atoms with E-state index < -0.39 is 13.9 Å². The molecule has 3 saturated heterocycles. The van der Waals surface area contributed by atoms with E-state index in [1.807, 2.05) is 0 Å². The van der Waals surface area contributed by atoms with Crippen LogP contribution in [0.5, 0.6) is 0 Å². The molecule has 2 unspecified atom stereocenters. The minimum Gasteiger partial charge on any atom is -0.373 e. The van der Waals surface area contributed by atoms with Gasteiger partial charge in [-0.25, -0.2) is 0 Å². The number of fused-ring (bicyclic) bond motifs is 2. The first kappa shape index (κ1) is 16.9. The predicted octanol–water partition coefficient (Wildman–Crippen LogP) is 1.10. The molecule has 11 heteroatoms. The van der Waals surface area contributed by atoms with Crippen LogP contribution in [0.1, 0.15) is 12.8 Å². The monoisotopic (exact) mass is 376 g/mol. The normalized spacial score (nSPS) is 48.9. The highest BCUT2D eigenvalue weighted by atomic mass is 32.5. The summed E-state index contributed by atoms with van der Waals surface area (Å²) in [5.41, 5.74) is 0. The van der Waals surface area contributed by atoms with Crippen molar-refractivity contribution < 1.29 is 32.5 Å². The number of rotatable bonds is 0. The SMILES string of the molecule is OP1(=S)OC[C@H]2OCC[C@@H]2O[PH](=S)OC[C@H]2OCC[C@@H]2O1. The van der Waals surface area contributed by atoms with Gasteiger partial charge in [-0.05, 0) is 23.6 Å². The van der Waals surface area contributed by atoms with Gasteiger partial charge < -0.3 is 32.5 Å². The van der Waals surface area contributed by atoms with Crippen LogP contribution in [-0.2, 0) is 51.2 Å². The van der Waals surface area contributed by atoms with E-state index in [0.717, 1.165) is 6.42 Å². The average molecular weight is 376 g/mol. The molecule has 3 aliphatic heterocycles. The number of hydrogen-bond acceptors (Lipinski definition) is 8. The van der Waals surface area contributed by atoms with Gasteiger partial charge in [0.25, 0.3) is 0 Å². The molecule has 0 aromatic carbocycles. The maximum atomic E-state index is 10.2. The smallest absolute Gasteiger partial charge is 0.324 e. The summed E-state index contributed by atoms with van der Waals surface area (Å²) < 4.78 is 33.4. The Morgan fingerprint density at radius 3 is 2.43 bits per heavy atom. The van der Waals surface area contributed by atoms with Crippen molar-refractivity contribution in [1.82, 2.24) is 0 Å². The fourth-order valence-electron chi connectivity index (χ4n) is 2.50. The second-order valence-electron chi connectivity index (χ2n) is 5.02. The quantitative estimate of drug-likeness (QED) is 0.626. The lowest BCUT2D eigenvalue weighted by molar-refractivity contribution is -0.0138. The molecule has 3 fully saturated rings. The highest BCUT2D eigenvalue weighted by molar-refractivity contribution is 8.07. The lowest BCUT2D eigenvalue weighted by atomic mass is 10.2. The molecule has 1 N–H and O–H groups in total. The van der Waals surface area contributed by atoms with Gasteiger partial charge in [-0.3, -0.25) is 0 Å². The largest absolute Gasteiger partial charge is 0.373 e. The molecular weight excluding hydrogens is 358 g/mol. The van der Waals surface area contributed by atoms with E-state index in [1.54, 1.807) is 0 Å². The van der Waals surface area contributed by atoms with E-state index in [9.17, 15) is 4.89 Å². The third-order valence-corrected chi connectivity index (χ3v) is 6.71. The third-order valence-electron chi connectivity index (χ3n) is 3.58. The van der Waals surface area contributed by atoms with Gasteiger partial charge in [-0.15, -0.1) is 0 Å². The fourth-order valence-corrected chi connectivity index (χ4v) is 5.45. The predicted molar refractivity (Wildman–Crippen MR) is 82.5 cm³/mol. The van der Waals surface area contributed by atoms with Gasteiger partial charge in [-0.1, -0.05) is 0 Å². The molecule has 0 aromatic rings. The summed E-state index contributed by atoms with van der Waals surface area (Å²) in [4.78, 5) is 10.2. The summed E-state index contributed by atoms with van der Waals surface area (Å²) in [5.74, 6) is 0. The second kappa shape index (κ2) is 7.28. The molecule has 0 radical (unpaired) electrons. The van der Waals surface area contributed by atoms with Crippen LogP contribution in [0, 0.1) is 0 Å². The van der Waals surface area contributed by atoms with Crippen LogP contribution in [0.2, 0.25) is 0 Å². The maximum Gasteiger partial charge on any atom is 0.324 e. The van der Waals surface area contributed by atoms with Gasteiger partial charge in [0.1, 0.15) is 12.2 Å². The number of hydrogen-bond donors (Lipinski definition) is 1. The van der Waals surface area contributed by atoms with E-state index in [4.69, 9.17) is 51.2 Å². The standard InChI is InChI=1S/C10H18O7P2S2/c11-19(21)15-6-10-7(1-3-13-10)16-18(20)14-5-9-8(17-19)2-4-12-9/h7-10,18H,1-6H2,(H,11,21)/t7-,8-,9+,10+,19?/m0/s1.